The molecule has 0 radical (unpaired) electrons. The standard InChI is InChI=1S/C18H22BrN/c1-2-12-20-14-17(13-15-6-4-3-5-7-15)16-8-10-18(19)11-9-16/h3-11,17,20H,2,12-14H2,1H3. The Balaban J connectivity index is 2.09. The lowest BCUT2D eigenvalue weighted by molar-refractivity contribution is 0.576. The predicted molar refractivity (Wildman–Crippen MR) is 90.2 cm³/mol. The molecular weight excluding hydrogens is 310 g/mol. The highest BCUT2D eigenvalue weighted by atomic mass is 79.9. The van der Waals surface area contributed by atoms with Gasteiger partial charge in [0, 0.05) is 16.9 Å². The van der Waals surface area contributed by atoms with Crippen LogP contribution in [0.15, 0.2) is 59.1 Å². The van der Waals surface area contributed by atoms with Crippen LogP contribution in [0.25, 0.3) is 0 Å². The second kappa shape index (κ2) is 8.23. The molecule has 1 unspecified atom stereocenters. The van der Waals surface area contributed by atoms with E-state index in [9.17, 15) is 0 Å². The van der Waals surface area contributed by atoms with E-state index in [0.717, 1.165) is 24.0 Å². The van der Waals surface area contributed by atoms with E-state index in [4.69, 9.17) is 0 Å². The van der Waals surface area contributed by atoms with E-state index in [1.807, 2.05) is 0 Å². The van der Waals surface area contributed by atoms with Crippen molar-refractivity contribution in [2.75, 3.05) is 13.1 Å². The second-order valence-corrected chi connectivity index (χ2v) is 6.06. The minimum absolute atomic E-state index is 0.525. The van der Waals surface area contributed by atoms with Gasteiger partial charge in [-0.2, -0.15) is 0 Å². The SMILES string of the molecule is CCCNCC(Cc1ccccc1)c1ccc(Br)cc1. The van der Waals surface area contributed by atoms with Crippen LogP contribution in [-0.2, 0) is 6.42 Å². The van der Waals surface area contributed by atoms with E-state index in [2.05, 4.69) is 82.8 Å². The van der Waals surface area contributed by atoms with Crippen LogP contribution in [0.5, 0.6) is 0 Å². The van der Waals surface area contributed by atoms with Gasteiger partial charge >= 0.3 is 0 Å². The summed E-state index contributed by atoms with van der Waals surface area (Å²) in [6.07, 6.45) is 2.26. The molecule has 2 aromatic carbocycles. The molecule has 0 saturated heterocycles. The van der Waals surface area contributed by atoms with Gasteiger partial charge in [-0.1, -0.05) is 65.3 Å². The highest BCUT2D eigenvalue weighted by Crippen LogP contribution is 2.22. The Morgan fingerprint density at radius 1 is 1.00 bits per heavy atom. The molecule has 0 heterocycles. The summed E-state index contributed by atoms with van der Waals surface area (Å²) >= 11 is 3.51. The second-order valence-electron chi connectivity index (χ2n) is 5.14. The van der Waals surface area contributed by atoms with Crippen LogP contribution in [0.3, 0.4) is 0 Å². The summed E-state index contributed by atoms with van der Waals surface area (Å²) in [5.74, 6) is 0.525. The first-order valence-electron chi connectivity index (χ1n) is 7.29. The summed E-state index contributed by atoms with van der Waals surface area (Å²) in [7, 11) is 0. The fourth-order valence-corrected chi connectivity index (χ4v) is 2.66. The largest absolute Gasteiger partial charge is 0.316 e. The number of benzene rings is 2. The number of nitrogens with one attached hydrogen (secondary N) is 1. The van der Waals surface area contributed by atoms with Crippen LogP contribution >= 0.6 is 15.9 Å². The zero-order chi connectivity index (χ0) is 14.2. The van der Waals surface area contributed by atoms with E-state index in [1.54, 1.807) is 0 Å². The molecule has 0 aromatic heterocycles. The number of halogens is 1. The molecule has 106 valence electrons. The molecule has 0 aliphatic rings. The van der Waals surface area contributed by atoms with Gasteiger partial charge in [0.05, 0.1) is 0 Å². The van der Waals surface area contributed by atoms with Gasteiger partial charge in [0.1, 0.15) is 0 Å². The highest BCUT2D eigenvalue weighted by Gasteiger charge is 2.12. The summed E-state index contributed by atoms with van der Waals surface area (Å²) < 4.78 is 1.14. The quantitative estimate of drug-likeness (QED) is 0.720. The van der Waals surface area contributed by atoms with Crippen LogP contribution < -0.4 is 5.32 Å². The van der Waals surface area contributed by atoms with Crippen molar-refractivity contribution in [2.45, 2.75) is 25.7 Å². The minimum atomic E-state index is 0.525. The fraction of sp³-hybridized carbons (Fsp3) is 0.333. The van der Waals surface area contributed by atoms with Crippen molar-refractivity contribution in [3.8, 4) is 0 Å². The van der Waals surface area contributed by atoms with Crippen molar-refractivity contribution in [1.29, 1.82) is 0 Å². The molecule has 0 saturated carbocycles. The van der Waals surface area contributed by atoms with Crippen LogP contribution in [-0.4, -0.2) is 13.1 Å². The Morgan fingerprint density at radius 3 is 2.35 bits per heavy atom. The first kappa shape index (κ1) is 15.3. The molecule has 0 aliphatic heterocycles. The van der Waals surface area contributed by atoms with Gasteiger partial charge in [0.15, 0.2) is 0 Å². The first-order chi connectivity index (χ1) is 9.79. The van der Waals surface area contributed by atoms with Crippen LogP contribution in [0.4, 0.5) is 0 Å². The molecule has 0 bridgehead atoms. The van der Waals surface area contributed by atoms with Crippen molar-refractivity contribution in [1.82, 2.24) is 5.32 Å². The number of hydrogen-bond donors (Lipinski definition) is 1. The van der Waals surface area contributed by atoms with E-state index < -0.39 is 0 Å². The topological polar surface area (TPSA) is 12.0 Å². The van der Waals surface area contributed by atoms with Gasteiger partial charge in [0.25, 0.3) is 0 Å². The predicted octanol–water partition coefficient (Wildman–Crippen LogP) is 4.78. The van der Waals surface area contributed by atoms with Gasteiger partial charge in [-0.15, -0.1) is 0 Å². The zero-order valence-electron chi connectivity index (χ0n) is 12.0. The summed E-state index contributed by atoms with van der Waals surface area (Å²) in [5.41, 5.74) is 2.80. The molecule has 2 aromatic rings. The summed E-state index contributed by atoms with van der Waals surface area (Å²) in [5, 5.41) is 3.56. The maximum Gasteiger partial charge on any atom is 0.0175 e. The van der Waals surface area contributed by atoms with Crippen LogP contribution in [0, 0.1) is 0 Å². The Bertz CT molecular complexity index is 493. The van der Waals surface area contributed by atoms with Crippen molar-refractivity contribution >= 4 is 15.9 Å². The molecule has 2 rings (SSSR count). The van der Waals surface area contributed by atoms with Crippen LogP contribution in [0.1, 0.15) is 30.4 Å². The molecule has 2 heteroatoms. The third kappa shape index (κ3) is 4.77. The fourth-order valence-electron chi connectivity index (χ4n) is 2.39. The zero-order valence-corrected chi connectivity index (χ0v) is 13.6. The molecule has 20 heavy (non-hydrogen) atoms. The average molecular weight is 332 g/mol. The van der Waals surface area contributed by atoms with Crippen molar-refractivity contribution < 1.29 is 0 Å². The van der Waals surface area contributed by atoms with Gasteiger partial charge in [-0.3, -0.25) is 0 Å². The average Bonchev–Trinajstić information content (AvgIpc) is 2.48. The summed E-state index contributed by atoms with van der Waals surface area (Å²) in [6.45, 7) is 4.32. The molecule has 0 amide bonds. The number of rotatable bonds is 7. The summed E-state index contributed by atoms with van der Waals surface area (Å²) in [4.78, 5) is 0. The molecule has 1 nitrogen and oxygen atoms in total. The van der Waals surface area contributed by atoms with E-state index >= 15 is 0 Å². The molecule has 1 N–H and O–H groups in total. The number of hydrogen-bond acceptors (Lipinski definition) is 1. The monoisotopic (exact) mass is 331 g/mol. The third-order valence-corrected chi connectivity index (χ3v) is 4.01. The maximum absolute atomic E-state index is 3.56. The molecular formula is C18H22BrN. The minimum Gasteiger partial charge on any atom is -0.316 e. The van der Waals surface area contributed by atoms with Crippen molar-refractivity contribution in [3.63, 3.8) is 0 Å². The Kier molecular flexibility index (Phi) is 6.28. The Hall–Kier alpha value is -1.12. The van der Waals surface area contributed by atoms with Gasteiger partial charge in [0.2, 0.25) is 0 Å². The molecule has 0 fully saturated rings. The van der Waals surface area contributed by atoms with Crippen molar-refractivity contribution in [3.05, 3.63) is 70.2 Å². The van der Waals surface area contributed by atoms with Gasteiger partial charge in [-0.05, 0) is 42.6 Å². The van der Waals surface area contributed by atoms with Gasteiger partial charge in [-0.25, -0.2) is 0 Å². The van der Waals surface area contributed by atoms with Gasteiger partial charge < -0.3 is 5.32 Å². The maximum atomic E-state index is 3.56. The normalized spacial score (nSPS) is 12.3. The van der Waals surface area contributed by atoms with E-state index in [1.165, 1.54) is 17.5 Å². The molecule has 0 spiro atoms. The molecule has 1 atom stereocenters. The lowest BCUT2D eigenvalue weighted by Crippen LogP contribution is -2.23. The molecule has 0 aliphatic carbocycles. The summed E-state index contributed by atoms with van der Waals surface area (Å²) in [6, 6.07) is 19.5. The van der Waals surface area contributed by atoms with Crippen LogP contribution in [0.2, 0.25) is 0 Å². The smallest absolute Gasteiger partial charge is 0.0175 e. The lowest BCUT2D eigenvalue weighted by atomic mass is 9.92. The lowest BCUT2D eigenvalue weighted by Gasteiger charge is -2.18. The third-order valence-electron chi connectivity index (χ3n) is 3.48. The first-order valence-corrected chi connectivity index (χ1v) is 8.09. The Labute approximate surface area is 130 Å². The van der Waals surface area contributed by atoms with Crippen molar-refractivity contribution in [2.24, 2.45) is 0 Å². The Morgan fingerprint density at radius 2 is 1.70 bits per heavy atom. The van der Waals surface area contributed by atoms with E-state index in [0.29, 0.717) is 5.92 Å². The highest BCUT2D eigenvalue weighted by molar-refractivity contribution is 9.10. The van der Waals surface area contributed by atoms with E-state index in [-0.39, 0.29) is 0 Å².